The minimum Gasteiger partial charge on any atom is -0.466 e. The first-order valence-corrected chi connectivity index (χ1v) is 13.8. The molecule has 1 saturated carbocycles. The van der Waals surface area contributed by atoms with E-state index in [9.17, 15) is 19.5 Å². The SMILES string of the molecule is C=CCN(C(=O)C1N([C@@H](CC)CO)C(=O)[C@@H]2[C@@H](C(=O)OCC)[C@@]3(C)CCC12S3)C1CCCCC1. The van der Waals surface area contributed by atoms with Gasteiger partial charge in [0.25, 0.3) is 0 Å². The number of fused-ring (bicyclic) bond motifs is 1. The number of ether oxygens (including phenoxy) is 1. The summed E-state index contributed by atoms with van der Waals surface area (Å²) in [5.41, 5.74) is 0. The summed E-state index contributed by atoms with van der Waals surface area (Å²) in [7, 11) is 0. The average molecular weight is 493 g/mol. The van der Waals surface area contributed by atoms with Crippen LogP contribution in [0.2, 0.25) is 0 Å². The molecular formula is C26H40N2O5S. The van der Waals surface area contributed by atoms with Crippen LogP contribution in [0.1, 0.15) is 72.1 Å². The van der Waals surface area contributed by atoms with E-state index in [0.29, 0.717) is 19.4 Å². The van der Waals surface area contributed by atoms with Crippen LogP contribution < -0.4 is 0 Å². The number of hydrogen-bond acceptors (Lipinski definition) is 6. The average Bonchev–Trinajstić information content (AvgIpc) is 3.40. The predicted molar refractivity (Wildman–Crippen MR) is 132 cm³/mol. The Bertz CT molecular complexity index is 826. The van der Waals surface area contributed by atoms with Crippen LogP contribution in [-0.2, 0) is 19.1 Å². The van der Waals surface area contributed by atoms with E-state index in [0.717, 1.165) is 32.1 Å². The lowest BCUT2D eigenvalue weighted by atomic mass is 9.66. The molecule has 0 aromatic carbocycles. The van der Waals surface area contributed by atoms with Crippen LogP contribution in [0.5, 0.6) is 0 Å². The Morgan fingerprint density at radius 2 is 2.00 bits per heavy atom. The topological polar surface area (TPSA) is 87.2 Å². The quantitative estimate of drug-likeness (QED) is 0.393. The van der Waals surface area contributed by atoms with Crippen LogP contribution in [0.15, 0.2) is 12.7 Å². The molecule has 8 heteroatoms. The fourth-order valence-corrected chi connectivity index (χ4v) is 9.47. The third-order valence-corrected chi connectivity index (χ3v) is 10.7. The summed E-state index contributed by atoms with van der Waals surface area (Å²) in [6, 6.07) is -0.996. The van der Waals surface area contributed by atoms with E-state index < -0.39 is 33.4 Å². The first-order chi connectivity index (χ1) is 16.3. The van der Waals surface area contributed by atoms with Gasteiger partial charge in [-0.25, -0.2) is 0 Å². The molecule has 1 aliphatic carbocycles. The fraction of sp³-hybridized carbons (Fsp3) is 0.808. The van der Waals surface area contributed by atoms with Gasteiger partial charge in [-0.2, -0.15) is 0 Å². The van der Waals surface area contributed by atoms with Crippen LogP contribution in [0.3, 0.4) is 0 Å². The molecule has 0 radical (unpaired) electrons. The Balaban J connectivity index is 1.79. The molecule has 3 heterocycles. The van der Waals surface area contributed by atoms with E-state index in [1.54, 1.807) is 29.7 Å². The first kappa shape index (κ1) is 25.5. The molecule has 3 saturated heterocycles. The molecule has 4 aliphatic rings. The van der Waals surface area contributed by atoms with Crippen molar-refractivity contribution >= 4 is 29.5 Å². The molecule has 6 atom stereocenters. The Morgan fingerprint density at radius 1 is 1.29 bits per heavy atom. The highest BCUT2D eigenvalue weighted by atomic mass is 32.2. The lowest BCUT2D eigenvalue weighted by molar-refractivity contribution is -0.155. The lowest BCUT2D eigenvalue weighted by Crippen LogP contribution is -2.59. The minimum absolute atomic E-state index is 0.0455. The molecule has 190 valence electrons. The van der Waals surface area contributed by atoms with Gasteiger partial charge in [0.1, 0.15) is 6.04 Å². The van der Waals surface area contributed by atoms with Gasteiger partial charge in [0.05, 0.1) is 35.8 Å². The number of carbonyl (C=O) groups excluding carboxylic acids is 3. The second kappa shape index (κ2) is 9.84. The van der Waals surface area contributed by atoms with E-state index in [4.69, 9.17) is 4.74 Å². The maximum Gasteiger partial charge on any atom is 0.311 e. The number of amides is 2. The molecule has 7 nitrogen and oxygen atoms in total. The molecule has 34 heavy (non-hydrogen) atoms. The monoisotopic (exact) mass is 492 g/mol. The second-order valence-electron chi connectivity index (χ2n) is 10.5. The maximum atomic E-state index is 14.4. The summed E-state index contributed by atoms with van der Waals surface area (Å²) in [6.45, 7) is 10.2. The van der Waals surface area contributed by atoms with Crippen molar-refractivity contribution in [3.63, 3.8) is 0 Å². The molecule has 1 spiro atoms. The number of rotatable bonds is 9. The molecular weight excluding hydrogens is 452 g/mol. The smallest absolute Gasteiger partial charge is 0.311 e. The van der Waals surface area contributed by atoms with Crippen molar-refractivity contribution < 1.29 is 24.2 Å². The summed E-state index contributed by atoms with van der Waals surface area (Å²) in [4.78, 5) is 45.2. The van der Waals surface area contributed by atoms with E-state index >= 15 is 0 Å². The van der Waals surface area contributed by atoms with E-state index in [-0.39, 0.29) is 37.0 Å². The van der Waals surface area contributed by atoms with Crippen molar-refractivity contribution in [3.05, 3.63) is 12.7 Å². The summed E-state index contributed by atoms with van der Waals surface area (Å²) in [6.07, 6.45) is 9.10. The molecule has 3 aliphatic heterocycles. The highest BCUT2D eigenvalue weighted by Gasteiger charge is 2.78. The van der Waals surface area contributed by atoms with Crippen LogP contribution in [0.4, 0.5) is 0 Å². The maximum absolute atomic E-state index is 14.4. The number of likely N-dealkylation sites (tertiary alicyclic amines) is 1. The van der Waals surface area contributed by atoms with Crippen molar-refractivity contribution in [2.45, 2.75) is 99.8 Å². The highest BCUT2D eigenvalue weighted by molar-refractivity contribution is 8.02. The molecule has 1 N–H and O–H groups in total. The number of esters is 1. The zero-order valence-electron chi connectivity index (χ0n) is 20.8. The number of nitrogens with zero attached hydrogens (tertiary/aromatic N) is 2. The first-order valence-electron chi connectivity index (χ1n) is 13.0. The molecule has 2 bridgehead atoms. The number of hydrogen-bond donors (Lipinski definition) is 1. The molecule has 0 aromatic rings. The largest absolute Gasteiger partial charge is 0.466 e. The Kier molecular flexibility index (Phi) is 7.40. The predicted octanol–water partition coefficient (Wildman–Crippen LogP) is 3.15. The van der Waals surface area contributed by atoms with E-state index in [1.807, 2.05) is 11.8 Å². The van der Waals surface area contributed by atoms with Crippen molar-refractivity contribution in [1.29, 1.82) is 0 Å². The third kappa shape index (κ3) is 3.80. The van der Waals surface area contributed by atoms with Gasteiger partial charge in [-0.3, -0.25) is 14.4 Å². The van der Waals surface area contributed by atoms with E-state index in [1.165, 1.54) is 6.42 Å². The Hall–Kier alpha value is -1.54. The molecule has 2 amide bonds. The number of aliphatic hydroxyl groups excluding tert-OH is 1. The normalized spacial score (nSPS) is 35.8. The van der Waals surface area contributed by atoms with Crippen LogP contribution in [-0.4, -0.2) is 80.1 Å². The third-order valence-electron chi connectivity index (χ3n) is 8.69. The van der Waals surface area contributed by atoms with Gasteiger partial charge in [-0.15, -0.1) is 18.3 Å². The minimum atomic E-state index is -0.685. The van der Waals surface area contributed by atoms with Gasteiger partial charge in [-0.05, 0) is 46.0 Å². The van der Waals surface area contributed by atoms with Crippen LogP contribution in [0, 0.1) is 11.8 Å². The molecule has 4 fully saturated rings. The Morgan fingerprint density at radius 3 is 2.59 bits per heavy atom. The van der Waals surface area contributed by atoms with Crippen LogP contribution in [0.25, 0.3) is 0 Å². The van der Waals surface area contributed by atoms with Crippen LogP contribution >= 0.6 is 11.8 Å². The molecule has 0 aromatic heterocycles. The lowest BCUT2D eigenvalue weighted by Gasteiger charge is -2.42. The summed E-state index contributed by atoms with van der Waals surface area (Å²) in [5.74, 6) is -1.72. The molecule has 2 unspecified atom stereocenters. The van der Waals surface area contributed by atoms with Gasteiger partial charge in [0, 0.05) is 17.3 Å². The number of aliphatic hydroxyl groups is 1. The number of thioether (sulfide) groups is 1. The standard InChI is InChI=1S/C26H40N2O5S/c1-5-15-27(18-11-9-8-10-12-18)23(31)21-26-14-13-25(4,34-26)20(24(32)33-7-3)19(26)22(30)28(21)17(6-2)16-29/h5,17-21,29H,1,6-16H2,2-4H3/t17-,19-,20-,21?,25+,26?/m0/s1. The second-order valence-corrected chi connectivity index (χ2v) is 12.4. The van der Waals surface area contributed by atoms with Crippen molar-refractivity contribution in [2.75, 3.05) is 19.8 Å². The number of carbonyl (C=O) groups is 3. The van der Waals surface area contributed by atoms with Crippen molar-refractivity contribution in [3.8, 4) is 0 Å². The molecule has 4 rings (SSSR count). The van der Waals surface area contributed by atoms with Gasteiger partial charge >= 0.3 is 5.97 Å². The van der Waals surface area contributed by atoms with Crippen molar-refractivity contribution in [2.24, 2.45) is 11.8 Å². The van der Waals surface area contributed by atoms with Gasteiger partial charge in [0.15, 0.2) is 0 Å². The zero-order chi connectivity index (χ0) is 24.7. The highest BCUT2D eigenvalue weighted by Crippen LogP contribution is 2.71. The van der Waals surface area contributed by atoms with Gasteiger partial charge in [0.2, 0.25) is 11.8 Å². The fourth-order valence-electron chi connectivity index (χ4n) is 7.15. The Labute approximate surface area is 207 Å². The van der Waals surface area contributed by atoms with Gasteiger partial charge < -0.3 is 19.6 Å². The summed E-state index contributed by atoms with van der Waals surface area (Å²) < 4.78 is 4.35. The summed E-state index contributed by atoms with van der Waals surface area (Å²) >= 11 is 1.66. The summed E-state index contributed by atoms with van der Waals surface area (Å²) in [5, 5.41) is 10.2. The zero-order valence-corrected chi connectivity index (χ0v) is 21.6. The van der Waals surface area contributed by atoms with Gasteiger partial charge in [-0.1, -0.05) is 32.3 Å². The van der Waals surface area contributed by atoms with E-state index in [2.05, 4.69) is 13.5 Å². The van der Waals surface area contributed by atoms with Crippen molar-refractivity contribution in [1.82, 2.24) is 9.80 Å².